The number of nitrogens with two attached hydrogens (primary N) is 1. The predicted molar refractivity (Wildman–Crippen MR) is 73.5 cm³/mol. The first-order valence-electron chi connectivity index (χ1n) is 5.85. The molecule has 0 aliphatic heterocycles. The molecule has 0 fully saturated rings. The van der Waals surface area contributed by atoms with Crippen molar-refractivity contribution >= 4 is 11.6 Å². The summed E-state index contributed by atoms with van der Waals surface area (Å²) in [6.07, 6.45) is 0. The maximum Gasteiger partial charge on any atom is 0.255 e. The summed E-state index contributed by atoms with van der Waals surface area (Å²) < 4.78 is 0. The average molecular weight is 274 g/mol. The van der Waals surface area contributed by atoms with Gasteiger partial charge in [-0.2, -0.15) is 0 Å². The van der Waals surface area contributed by atoms with Crippen LogP contribution >= 0.6 is 0 Å². The molecule has 0 saturated heterocycles. The third-order valence-electron chi connectivity index (χ3n) is 2.77. The third-order valence-corrected chi connectivity index (χ3v) is 2.77. The molecule has 2 rings (SSSR count). The van der Waals surface area contributed by atoms with E-state index in [0.29, 0.717) is 11.3 Å². The first kappa shape index (κ1) is 13.5. The number of benzene rings is 2. The summed E-state index contributed by atoms with van der Waals surface area (Å²) in [6.45, 7) is 0.0655. The molecular formula is C14H14N2O4. The van der Waals surface area contributed by atoms with Crippen molar-refractivity contribution in [2.24, 2.45) is 0 Å². The molecule has 6 heteroatoms. The molecule has 104 valence electrons. The maximum absolute atomic E-state index is 11.9. The number of phenolic OH excluding ortho intramolecular Hbond substituents is 3. The molecule has 0 atom stereocenters. The molecule has 0 bridgehead atoms. The van der Waals surface area contributed by atoms with Crippen LogP contribution in [0.4, 0.5) is 5.69 Å². The lowest BCUT2D eigenvalue weighted by Gasteiger charge is -2.09. The van der Waals surface area contributed by atoms with Gasteiger partial charge in [0, 0.05) is 23.9 Å². The number of carbonyl (C=O) groups is 1. The summed E-state index contributed by atoms with van der Waals surface area (Å²) in [6, 6.07) is 8.21. The molecule has 6 N–H and O–H groups in total. The second-order valence-corrected chi connectivity index (χ2v) is 4.27. The normalized spacial score (nSPS) is 10.2. The van der Waals surface area contributed by atoms with E-state index in [1.165, 1.54) is 18.2 Å². The van der Waals surface area contributed by atoms with Gasteiger partial charge in [0.05, 0.1) is 5.56 Å². The fourth-order valence-electron chi connectivity index (χ4n) is 1.73. The van der Waals surface area contributed by atoms with Crippen LogP contribution < -0.4 is 11.1 Å². The quantitative estimate of drug-likeness (QED) is 0.427. The Hall–Kier alpha value is -2.89. The van der Waals surface area contributed by atoms with Crippen LogP contribution in [-0.4, -0.2) is 21.2 Å². The summed E-state index contributed by atoms with van der Waals surface area (Å²) in [4.78, 5) is 11.9. The Bertz CT molecular complexity index is 656. The summed E-state index contributed by atoms with van der Waals surface area (Å²) in [5, 5.41) is 30.9. The van der Waals surface area contributed by atoms with Gasteiger partial charge < -0.3 is 26.4 Å². The topological polar surface area (TPSA) is 116 Å². The Balaban J connectivity index is 2.10. The highest BCUT2D eigenvalue weighted by atomic mass is 16.3. The van der Waals surface area contributed by atoms with Crippen LogP contribution in [0.3, 0.4) is 0 Å². The lowest BCUT2D eigenvalue weighted by molar-refractivity contribution is 0.0948. The number of anilines is 1. The minimum Gasteiger partial charge on any atom is -0.508 e. The van der Waals surface area contributed by atoms with E-state index in [1.807, 2.05) is 0 Å². The molecule has 0 aromatic heterocycles. The second kappa shape index (κ2) is 5.40. The Morgan fingerprint density at radius 1 is 1.05 bits per heavy atom. The van der Waals surface area contributed by atoms with Crippen LogP contribution in [-0.2, 0) is 6.54 Å². The van der Waals surface area contributed by atoms with E-state index in [-0.39, 0.29) is 29.4 Å². The number of hydrogen-bond acceptors (Lipinski definition) is 5. The van der Waals surface area contributed by atoms with Crippen molar-refractivity contribution in [3.8, 4) is 17.2 Å². The van der Waals surface area contributed by atoms with Crippen molar-refractivity contribution in [2.45, 2.75) is 6.54 Å². The molecule has 20 heavy (non-hydrogen) atoms. The monoisotopic (exact) mass is 274 g/mol. The van der Waals surface area contributed by atoms with E-state index in [4.69, 9.17) is 10.8 Å². The van der Waals surface area contributed by atoms with Gasteiger partial charge in [-0.25, -0.2) is 0 Å². The molecule has 0 unspecified atom stereocenters. The van der Waals surface area contributed by atoms with Gasteiger partial charge in [-0.1, -0.05) is 0 Å². The molecule has 0 spiro atoms. The smallest absolute Gasteiger partial charge is 0.255 e. The fraction of sp³-hybridized carbons (Fsp3) is 0.0714. The highest BCUT2D eigenvalue weighted by Crippen LogP contribution is 2.23. The zero-order chi connectivity index (χ0) is 14.7. The Labute approximate surface area is 115 Å². The number of nitrogens with one attached hydrogen (secondary N) is 1. The SMILES string of the molecule is Nc1ccc(O)c(CNC(=O)c2ccc(O)cc2O)c1. The molecular weight excluding hydrogens is 260 g/mol. The average Bonchev–Trinajstić information content (AvgIpc) is 2.39. The number of hydrogen-bond donors (Lipinski definition) is 5. The molecule has 0 radical (unpaired) electrons. The molecule has 1 amide bonds. The first-order valence-corrected chi connectivity index (χ1v) is 5.85. The van der Waals surface area contributed by atoms with E-state index in [1.54, 1.807) is 12.1 Å². The van der Waals surface area contributed by atoms with Crippen molar-refractivity contribution in [1.82, 2.24) is 5.32 Å². The lowest BCUT2D eigenvalue weighted by atomic mass is 10.1. The van der Waals surface area contributed by atoms with Crippen LogP contribution in [0.1, 0.15) is 15.9 Å². The van der Waals surface area contributed by atoms with Gasteiger partial charge in [0.1, 0.15) is 17.2 Å². The Kier molecular flexibility index (Phi) is 3.65. The van der Waals surface area contributed by atoms with E-state index < -0.39 is 5.91 Å². The number of aromatic hydroxyl groups is 3. The van der Waals surface area contributed by atoms with Crippen molar-refractivity contribution in [3.05, 3.63) is 47.5 Å². The molecule has 0 saturated carbocycles. The van der Waals surface area contributed by atoms with E-state index in [2.05, 4.69) is 5.32 Å². The highest BCUT2D eigenvalue weighted by molar-refractivity contribution is 5.97. The minimum atomic E-state index is -0.524. The second-order valence-electron chi connectivity index (χ2n) is 4.27. The minimum absolute atomic E-state index is 0.0226. The summed E-state index contributed by atoms with van der Waals surface area (Å²) in [5.74, 6) is -0.953. The zero-order valence-corrected chi connectivity index (χ0v) is 10.5. The molecule has 2 aromatic carbocycles. The molecule has 0 aliphatic carbocycles. The van der Waals surface area contributed by atoms with Gasteiger partial charge in [-0.15, -0.1) is 0 Å². The van der Waals surface area contributed by atoms with Crippen LogP contribution in [0.5, 0.6) is 17.2 Å². The number of nitrogen functional groups attached to an aromatic ring is 1. The van der Waals surface area contributed by atoms with Crippen molar-refractivity contribution in [1.29, 1.82) is 0 Å². The first-order chi connectivity index (χ1) is 9.47. The zero-order valence-electron chi connectivity index (χ0n) is 10.5. The van der Waals surface area contributed by atoms with Gasteiger partial charge in [-0.05, 0) is 30.3 Å². The summed E-state index contributed by atoms with van der Waals surface area (Å²) >= 11 is 0. The number of rotatable bonds is 3. The molecule has 0 heterocycles. The third kappa shape index (κ3) is 2.92. The van der Waals surface area contributed by atoms with Gasteiger partial charge in [0.15, 0.2) is 0 Å². The van der Waals surface area contributed by atoms with Crippen LogP contribution in [0.25, 0.3) is 0 Å². The lowest BCUT2D eigenvalue weighted by Crippen LogP contribution is -2.22. The van der Waals surface area contributed by atoms with Crippen LogP contribution in [0.2, 0.25) is 0 Å². The largest absolute Gasteiger partial charge is 0.508 e. The van der Waals surface area contributed by atoms with Crippen LogP contribution in [0, 0.1) is 0 Å². The predicted octanol–water partition coefficient (Wildman–Crippen LogP) is 1.32. The Morgan fingerprint density at radius 2 is 1.80 bits per heavy atom. The summed E-state index contributed by atoms with van der Waals surface area (Å²) in [5.41, 5.74) is 6.57. The van der Waals surface area contributed by atoms with Gasteiger partial charge in [0.2, 0.25) is 0 Å². The van der Waals surface area contributed by atoms with Gasteiger partial charge in [-0.3, -0.25) is 4.79 Å². The maximum atomic E-state index is 11.9. The van der Waals surface area contributed by atoms with E-state index in [9.17, 15) is 15.0 Å². The highest BCUT2D eigenvalue weighted by Gasteiger charge is 2.12. The molecule has 6 nitrogen and oxygen atoms in total. The number of carbonyl (C=O) groups excluding carboxylic acids is 1. The molecule has 0 aliphatic rings. The van der Waals surface area contributed by atoms with E-state index >= 15 is 0 Å². The van der Waals surface area contributed by atoms with Crippen molar-refractivity contribution in [2.75, 3.05) is 5.73 Å². The van der Waals surface area contributed by atoms with Gasteiger partial charge in [0.25, 0.3) is 5.91 Å². The fourth-order valence-corrected chi connectivity index (χ4v) is 1.73. The summed E-state index contributed by atoms with van der Waals surface area (Å²) in [7, 11) is 0. The van der Waals surface area contributed by atoms with Crippen molar-refractivity contribution < 1.29 is 20.1 Å². The van der Waals surface area contributed by atoms with E-state index in [0.717, 1.165) is 6.07 Å². The number of amides is 1. The van der Waals surface area contributed by atoms with Gasteiger partial charge >= 0.3 is 0 Å². The standard InChI is InChI=1S/C14H14N2O4/c15-9-1-4-12(18)8(5-9)7-16-14(20)11-3-2-10(17)6-13(11)19/h1-6,17-19H,7,15H2,(H,16,20). The van der Waals surface area contributed by atoms with Crippen LogP contribution in [0.15, 0.2) is 36.4 Å². The molecule has 2 aromatic rings. The Morgan fingerprint density at radius 3 is 2.50 bits per heavy atom. The van der Waals surface area contributed by atoms with Crippen molar-refractivity contribution in [3.63, 3.8) is 0 Å². The number of phenols is 3.